The van der Waals surface area contributed by atoms with Gasteiger partial charge in [-0.25, -0.2) is 0 Å². The number of fused-ring (bicyclic) bond motifs is 1. The van der Waals surface area contributed by atoms with Crippen LogP contribution in [0.15, 0.2) is 10.5 Å². The molecule has 0 saturated heterocycles. The van der Waals surface area contributed by atoms with E-state index in [1.165, 1.54) is 0 Å². The van der Waals surface area contributed by atoms with Gasteiger partial charge in [-0.15, -0.1) is 0 Å². The molecule has 0 spiro atoms. The number of hydrogen-bond acceptors (Lipinski definition) is 4. The minimum atomic E-state index is -1.08. The lowest BCUT2D eigenvalue weighted by molar-refractivity contribution is -0.138. The first-order chi connectivity index (χ1) is 7.52. The molecule has 6 heteroatoms. The van der Waals surface area contributed by atoms with E-state index in [0.717, 1.165) is 5.56 Å². The lowest BCUT2D eigenvalue weighted by Crippen LogP contribution is -2.21. The second-order valence-corrected chi connectivity index (χ2v) is 4.25. The molecule has 1 aliphatic heterocycles. The van der Waals surface area contributed by atoms with Gasteiger partial charge < -0.3 is 20.3 Å². The summed E-state index contributed by atoms with van der Waals surface area (Å²) in [5.41, 5.74) is 6.85. The third-order valence-corrected chi connectivity index (χ3v) is 3.51. The molecule has 0 saturated carbocycles. The third-order valence-electron chi connectivity index (χ3n) is 2.45. The number of carbonyl (C=O) groups is 1. The first-order valence-electron chi connectivity index (χ1n) is 4.59. The minimum Gasteiger partial charge on any atom is -0.480 e. The average Bonchev–Trinajstić information content (AvgIpc) is 2.70. The quantitative estimate of drug-likeness (QED) is 0.863. The Hall–Kier alpha value is -1.27. The number of nitrogens with two attached hydrogens (primary N) is 1. The highest BCUT2D eigenvalue weighted by Crippen LogP contribution is 2.42. The lowest BCUT2D eigenvalue weighted by Gasteiger charge is -2.13. The van der Waals surface area contributed by atoms with Crippen molar-refractivity contribution in [2.24, 2.45) is 5.73 Å². The monoisotopic (exact) mass is 287 g/mol. The molecule has 86 valence electrons. The van der Waals surface area contributed by atoms with Crippen LogP contribution in [0.2, 0.25) is 0 Å². The Morgan fingerprint density at radius 2 is 2.31 bits per heavy atom. The Morgan fingerprint density at radius 1 is 1.62 bits per heavy atom. The summed E-state index contributed by atoms with van der Waals surface area (Å²) in [5.74, 6) is 0.0829. The van der Waals surface area contributed by atoms with Crippen LogP contribution >= 0.6 is 15.9 Å². The highest BCUT2D eigenvalue weighted by Gasteiger charge is 2.25. The zero-order valence-electron chi connectivity index (χ0n) is 8.49. The first-order valence-corrected chi connectivity index (χ1v) is 5.38. The molecule has 0 bridgehead atoms. The van der Waals surface area contributed by atoms with Gasteiger partial charge in [-0.05, 0) is 18.6 Å². The molecule has 5 nitrogen and oxygen atoms in total. The fourth-order valence-electron chi connectivity index (χ4n) is 1.57. The number of carboxylic acids is 1. The molecular formula is C10H10BrNO4. The molecule has 1 unspecified atom stereocenters. The maximum absolute atomic E-state index is 10.8. The van der Waals surface area contributed by atoms with Gasteiger partial charge in [0.15, 0.2) is 11.5 Å². The minimum absolute atomic E-state index is 0.147. The Labute approximate surface area is 100 Å². The van der Waals surface area contributed by atoms with Crippen molar-refractivity contribution in [2.75, 3.05) is 6.79 Å². The van der Waals surface area contributed by atoms with E-state index in [-0.39, 0.29) is 6.79 Å². The second kappa shape index (κ2) is 3.95. The highest BCUT2D eigenvalue weighted by molar-refractivity contribution is 9.10. The van der Waals surface area contributed by atoms with Crippen molar-refractivity contribution in [2.45, 2.75) is 13.0 Å². The van der Waals surface area contributed by atoms with Crippen molar-refractivity contribution < 1.29 is 19.4 Å². The predicted molar refractivity (Wildman–Crippen MR) is 59.6 cm³/mol. The van der Waals surface area contributed by atoms with E-state index in [4.69, 9.17) is 20.3 Å². The number of halogens is 1. The number of rotatable bonds is 2. The summed E-state index contributed by atoms with van der Waals surface area (Å²) in [6.45, 7) is 1.96. The van der Waals surface area contributed by atoms with Crippen LogP contribution in [0, 0.1) is 6.92 Å². The largest absolute Gasteiger partial charge is 0.480 e. The van der Waals surface area contributed by atoms with Crippen LogP contribution < -0.4 is 15.2 Å². The van der Waals surface area contributed by atoms with Gasteiger partial charge >= 0.3 is 5.97 Å². The molecule has 2 rings (SSSR count). The van der Waals surface area contributed by atoms with Gasteiger partial charge in [0.05, 0.1) is 0 Å². The van der Waals surface area contributed by atoms with Crippen molar-refractivity contribution in [3.05, 3.63) is 21.7 Å². The predicted octanol–water partition coefficient (Wildman–Crippen LogP) is 1.57. The Morgan fingerprint density at radius 3 is 2.94 bits per heavy atom. The Bertz CT molecular complexity index is 461. The van der Waals surface area contributed by atoms with Crippen molar-refractivity contribution in [3.8, 4) is 11.5 Å². The van der Waals surface area contributed by atoms with Gasteiger partial charge in [-0.2, -0.15) is 0 Å². The van der Waals surface area contributed by atoms with Crippen molar-refractivity contribution in [1.29, 1.82) is 0 Å². The van der Waals surface area contributed by atoms with Crippen LogP contribution in [0.5, 0.6) is 11.5 Å². The van der Waals surface area contributed by atoms with E-state index < -0.39 is 12.0 Å². The normalized spacial score (nSPS) is 14.9. The zero-order valence-corrected chi connectivity index (χ0v) is 10.1. The van der Waals surface area contributed by atoms with Crippen LogP contribution in [-0.2, 0) is 4.79 Å². The van der Waals surface area contributed by atoms with E-state index in [2.05, 4.69) is 15.9 Å². The Balaban J connectivity index is 2.56. The number of ether oxygens (including phenoxy) is 2. The van der Waals surface area contributed by atoms with Gasteiger partial charge in [0.2, 0.25) is 6.79 Å². The molecule has 1 aromatic carbocycles. The van der Waals surface area contributed by atoms with Crippen LogP contribution in [0.1, 0.15) is 17.2 Å². The molecule has 1 aromatic rings. The van der Waals surface area contributed by atoms with Gasteiger partial charge in [0.25, 0.3) is 0 Å². The molecule has 1 atom stereocenters. The molecule has 1 heterocycles. The molecule has 0 aromatic heterocycles. The van der Waals surface area contributed by atoms with Gasteiger partial charge in [-0.3, -0.25) is 4.79 Å². The van der Waals surface area contributed by atoms with Gasteiger partial charge in [-0.1, -0.05) is 15.9 Å². The first kappa shape index (κ1) is 11.2. The van der Waals surface area contributed by atoms with Crippen molar-refractivity contribution >= 4 is 21.9 Å². The van der Waals surface area contributed by atoms with E-state index in [0.29, 0.717) is 21.5 Å². The van der Waals surface area contributed by atoms with Crippen LogP contribution in [0.3, 0.4) is 0 Å². The average molecular weight is 288 g/mol. The third kappa shape index (κ3) is 1.64. The fourth-order valence-corrected chi connectivity index (χ4v) is 2.11. The number of carboxylic acid groups (broad SMARTS) is 1. The smallest absolute Gasteiger partial charge is 0.325 e. The number of benzene rings is 1. The van der Waals surface area contributed by atoms with Crippen molar-refractivity contribution in [1.82, 2.24) is 0 Å². The lowest BCUT2D eigenvalue weighted by atomic mass is 10.0. The molecule has 3 N–H and O–H groups in total. The van der Waals surface area contributed by atoms with Crippen molar-refractivity contribution in [3.63, 3.8) is 0 Å². The van der Waals surface area contributed by atoms with Gasteiger partial charge in [0, 0.05) is 10.0 Å². The number of aliphatic carboxylic acids is 1. The summed E-state index contributed by atoms with van der Waals surface area (Å²) >= 11 is 3.32. The van der Waals surface area contributed by atoms with E-state index in [1.807, 2.05) is 6.92 Å². The van der Waals surface area contributed by atoms with Gasteiger partial charge in [0.1, 0.15) is 6.04 Å². The fraction of sp³-hybridized carbons (Fsp3) is 0.300. The van der Waals surface area contributed by atoms with E-state index >= 15 is 0 Å². The molecule has 16 heavy (non-hydrogen) atoms. The van der Waals surface area contributed by atoms with E-state index in [1.54, 1.807) is 6.07 Å². The van der Waals surface area contributed by atoms with Crippen LogP contribution in [0.4, 0.5) is 0 Å². The summed E-state index contributed by atoms with van der Waals surface area (Å²) in [6.07, 6.45) is 0. The number of hydrogen-bond donors (Lipinski definition) is 2. The molecule has 0 amide bonds. The maximum atomic E-state index is 10.8. The zero-order chi connectivity index (χ0) is 11.9. The highest BCUT2D eigenvalue weighted by atomic mass is 79.9. The summed E-state index contributed by atoms with van der Waals surface area (Å²) in [4.78, 5) is 10.8. The summed E-state index contributed by atoms with van der Waals surface area (Å²) in [7, 11) is 0. The second-order valence-electron chi connectivity index (χ2n) is 3.45. The summed E-state index contributed by atoms with van der Waals surface area (Å²) in [5, 5.41) is 8.88. The SMILES string of the molecule is Cc1c(Br)c(C(N)C(=O)O)cc2c1OCO2. The molecule has 0 radical (unpaired) electrons. The molecule has 0 fully saturated rings. The van der Waals surface area contributed by atoms with Crippen LogP contribution in [-0.4, -0.2) is 17.9 Å². The Kier molecular flexibility index (Phi) is 2.77. The topological polar surface area (TPSA) is 81.8 Å². The summed E-state index contributed by atoms with van der Waals surface area (Å²) in [6, 6.07) is 0.514. The molecule has 1 aliphatic rings. The van der Waals surface area contributed by atoms with E-state index in [9.17, 15) is 4.79 Å². The summed E-state index contributed by atoms with van der Waals surface area (Å²) < 4.78 is 11.1. The molecular weight excluding hydrogens is 278 g/mol. The maximum Gasteiger partial charge on any atom is 0.325 e. The van der Waals surface area contributed by atoms with Crippen LogP contribution in [0.25, 0.3) is 0 Å². The standard InChI is InChI=1S/C10H10BrNO4/c1-4-7(11)5(8(12)10(13)14)2-6-9(4)16-3-15-6/h2,8H,3,12H2,1H3,(H,13,14). The molecule has 0 aliphatic carbocycles.